The molecule has 0 aromatic heterocycles. The number of nitrogens with one attached hydrogen (secondary N) is 1. The van der Waals surface area contributed by atoms with Gasteiger partial charge in [-0.15, -0.1) is 0 Å². The summed E-state index contributed by atoms with van der Waals surface area (Å²) in [6, 6.07) is 0.868. The molecule has 3 nitrogen and oxygen atoms in total. The molecule has 2 aliphatic heterocycles. The second kappa shape index (κ2) is 5.48. The zero-order valence-electron chi connectivity index (χ0n) is 11.8. The van der Waals surface area contributed by atoms with Gasteiger partial charge in [0.2, 0.25) is 0 Å². The van der Waals surface area contributed by atoms with Crippen molar-refractivity contribution in [3.8, 4) is 0 Å². The van der Waals surface area contributed by atoms with Crippen molar-refractivity contribution in [3.05, 3.63) is 0 Å². The summed E-state index contributed by atoms with van der Waals surface area (Å²) >= 11 is 0. The summed E-state index contributed by atoms with van der Waals surface area (Å²) in [5, 5.41) is 3.69. The summed E-state index contributed by atoms with van der Waals surface area (Å²) in [5.74, 6) is 0.897. The molecule has 0 radical (unpaired) electrons. The molecule has 0 aromatic rings. The average molecular weight is 252 g/mol. The quantitative estimate of drug-likeness (QED) is 0.808. The van der Waals surface area contributed by atoms with Crippen LogP contribution in [-0.2, 0) is 4.74 Å². The molecule has 104 valence electrons. The second-order valence-corrected chi connectivity index (χ2v) is 7.00. The Labute approximate surface area is 111 Å². The molecule has 1 saturated carbocycles. The first-order chi connectivity index (χ1) is 8.73. The predicted octanol–water partition coefficient (Wildman–Crippen LogP) is 1.88. The van der Waals surface area contributed by atoms with E-state index in [9.17, 15) is 0 Å². The molecule has 1 atom stereocenters. The van der Waals surface area contributed by atoms with E-state index in [1.54, 1.807) is 0 Å². The molecular formula is C15H28N2O. The van der Waals surface area contributed by atoms with E-state index in [1.165, 1.54) is 58.3 Å². The summed E-state index contributed by atoms with van der Waals surface area (Å²) in [6.07, 6.45) is 6.71. The molecule has 1 aliphatic carbocycles. The Morgan fingerprint density at radius 3 is 2.72 bits per heavy atom. The van der Waals surface area contributed by atoms with Crippen LogP contribution in [0.5, 0.6) is 0 Å². The van der Waals surface area contributed by atoms with Crippen LogP contribution >= 0.6 is 0 Å². The highest BCUT2D eigenvalue weighted by Crippen LogP contribution is 2.32. The molecule has 0 bridgehead atoms. The minimum Gasteiger partial charge on any atom is -0.381 e. The van der Waals surface area contributed by atoms with Gasteiger partial charge >= 0.3 is 0 Å². The third-order valence-corrected chi connectivity index (χ3v) is 4.95. The van der Waals surface area contributed by atoms with E-state index in [2.05, 4.69) is 17.1 Å². The first-order valence-corrected chi connectivity index (χ1v) is 7.77. The predicted molar refractivity (Wildman–Crippen MR) is 73.7 cm³/mol. The standard InChI is InChI=1S/C15H28N2O/c1-15(5-8-18-9-6-15)12-17-7-4-13(11-17)10-16-14-2-3-14/h13-14,16H,2-12H2,1H3. The monoisotopic (exact) mass is 252 g/mol. The smallest absolute Gasteiger partial charge is 0.0471 e. The molecule has 3 aliphatic rings. The van der Waals surface area contributed by atoms with E-state index in [0.717, 1.165) is 25.2 Å². The SMILES string of the molecule is CC1(CN2CCC(CNC3CC3)C2)CCOCC1. The van der Waals surface area contributed by atoms with Crippen LogP contribution < -0.4 is 5.32 Å². The van der Waals surface area contributed by atoms with Crippen molar-refractivity contribution in [1.82, 2.24) is 10.2 Å². The zero-order valence-corrected chi connectivity index (χ0v) is 11.8. The number of nitrogens with zero attached hydrogens (tertiary/aromatic N) is 1. The average Bonchev–Trinajstić information content (AvgIpc) is 3.09. The number of hydrogen-bond acceptors (Lipinski definition) is 3. The van der Waals surface area contributed by atoms with E-state index in [4.69, 9.17) is 4.74 Å². The van der Waals surface area contributed by atoms with Gasteiger partial charge in [0.1, 0.15) is 0 Å². The molecule has 1 unspecified atom stereocenters. The van der Waals surface area contributed by atoms with Gasteiger partial charge < -0.3 is 15.0 Å². The highest BCUT2D eigenvalue weighted by Gasteiger charge is 2.33. The maximum atomic E-state index is 5.49. The summed E-state index contributed by atoms with van der Waals surface area (Å²) in [5.41, 5.74) is 0.511. The summed E-state index contributed by atoms with van der Waals surface area (Å²) in [7, 11) is 0. The number of hydrogen-bond donors (Lipinski definition) is 1. The Balaban J connectivity index is 1.40. The molecule has 3 heteroatoms. The molecule has 1 N–H and O–H groups in total. The van der Waals surface area contributed by atoms with E-state index >= 15 is 0 Å². The molecular weight excluding hydrogens is 224 g/mol. The number of ether oxygens (including phenoxy) is 1. The fourth-order valence-electron chi connectivity index (χ4n) is 3.41. The third-order valence-electron chi connectivity index (χ3n) is 4.95. The highest BCUT2D eigenvalue weighted by atomic mass is 16.5. The van der Waals surface area contributed by atoms with Gasteiger partial charge in [-0.1, -0.05) is 6.92 Å². The summed E-state index contributed by atoms with van der Waals surface area (Å²) in [4.78, 5) is 2.70. The van der Waals surface area contributed by atoms with Crippen molar-refractivity contribution in [2.75, 3.05) is 39.4 Å². The Morgan fingerprint density at radius 1 is 1.22 bits per heavy atom. The lowest BCUT2D eigenvalue weighted by Crippen LogP contribution is -2.39. The summed E-state index contributed by atoms with van der Waals surface area (Å²) < 4.78 is 5.49. The van der Waals surface area contributed by atoms with E-state index < -0.39 is 0 Å². The van der Waals surface area contributed by atoms with Gasteiger partial charge in [-0.3, -0.25) is 0 Å². The van der Waals surface area contributed by atoms with Crippen LogP contribution in [-0.4, -0.2) is 50.3 Å². The van der Waals surface area contributed by atoms with Gasteiger partial charge in [0.05, 0.1) is 0 Å². The minimum atomic E-state index is 0.511. The van der Waals surface area contributed by atoms with Crippen LogP contribution in [0.4, 0.5) is 0 Å². The van der Waals surface area contributed by atoms with Crippen LogP contribution in [0, 0.1) is 11.3 Å². The minimum absolute atomic E-state index is 0.511. The van der Waals surface area contributed by atoms with Crippen LogP contribution in [0.3, 0.4) is 0 Å². The lowest BCUT2D eigenvalue weighted by atomic mass is 9.82. The van der Waals surface area contributed by atoms with Crippen molar-refractivity contribution < 1.29 is 4.74 Å². The molecule has 0 aromatic carbocycles. The fraction of sp³-hybridized carbons (Fsp3) is 1.00. The Kier molecular flexibility index (Phi) is 3.92. The van der Waals surface area contributed by atoms with Crippen LogP contribution in [0.1, 0.15) is 39.0 Å². The second-order valence-electron chi connectivity index (χ2n) is 7.00. The van der Waals surface area contributed by atoms with Crippen molar-refractivity contribution >= 4 is 0 Å². The van der Waals surface area contributed by atoms with Gasteiger partial charge in [0.15, 0.2) is 0 Å². The largest absolute Gasteiger partial charge is 0.381 e. The maximum Gasteiger partial charge on any atom is 0.0471 e. The molecule has 3 rings (SSSR count). The van der Waals surface area contributed by atoms with E-state index in [-0.39, 0.29) is 0 Å². The van der Waals surface area contributed by atoms with Gasteiger partial charge in [-0.25, -0.2) is 0 Å². The Hall–Kier alpha value is -0.120. The molecule has 2 saturated heterocycles. The van der Waals surface area contributed by atoms with Crippen LogP contribution in [0.15, 0.2) is 0 Å². The topological polar surface area (TPSA) is 24.5 Å². The number of rotatable bonds is 5. The van der Waals surface area contributed by atoms with Crippen molar-refractivity contribution in [2.24, 2.45) is 11.3 Å². The lowest BCUT2D eigenvalue weighted by molar-refractivity contribution is 0.00805. The van der Waals surface area contributed by atoms with E-state index in [0.29, 0.717) is 5.41 Å². The number of likely N-dealkylation sites (tertiary alicyclic amines) is 1. The van der Waals surface area contributed by atoms with Crippen molar-refractivity contribution in [2.45, 2.75) is 45.1 Å². The van der Waals surface area contributed by atoms with Gasteiger partial charge in [-0.05, 0) is 56.5 Å². The zero-order chi connectivity index (χ0) is 12.4. The Morgan fingerprint density at radius 2 is 2.00 bits per heavy atom. The fourth-order valence-corrected chi connectivity index (χ4v) is 3.41. The maximum absolute atomic E-state index is 5.49. The normalized spacial score (nSPS) is 32.8. The summed E-state index contributed by atoms with van der Waals surface area (Å²) in [6.45, 7) is 9.56. The Bertz CT molecular complexity index is 272. The van der Waals surface area contributed by atoms with Crippen LogP contribution in [0.25, 0.3) is 0 Å². The first kappa shape index (κ1) is 12.9. The highest BCUT2D eigenvalue weighted by molar-refractivity contribution is 4.87. The van der Waals surface area contributed by atoms with E-state index in [1.807, 2.05) is 0 Å². The first-order valence-electron chi connectivity index (χ1n) is 7.77. The third kappa shape index (κ3) is 3.46. The van der Waals surface area contributed by atoms with Crippen molar-refractivity contribution in [1.29, 1.82) is 0 Å². The molecule has 3 fully saturated rings. The molecule has 2 heterocycles. The van der Waals surface area contributed by atoms with Gasteiger partial charge in [0, 0.05) is 32.3 Å². The molecule has 0 spiro atoms. The lowest BCUT2D eigenvalue weighted by Gasteiger charge is -2.37. The molecule has 18 heavy (non-hydrogen) atoms. The van der Waals surface area contributed by atoms with Crippen molar-refractivity contribution in [3.63, 3.8) is 0 Å². The van der Waals surface area contributed by atoms with Crippen LogP contribution in [0.2, 0.25) is 0 Å². The van der Waals surface area contributed by atoms with Gasteiger partial charge in [-0.2, -0.15) is 0 Å². The molecule has 0 amide bonds. The van der Waals surface area contributed by atoms with Gasteiger partial charge in [0.25, 0.3) is 0 Å².